The highest BCUT2D eigenvalue weighted by molar-refractivity contribution is 6.13. The third-order valence-corrected chi connectivity index (χ3v) is 11.0. The maximum absolute atomic E-state index is 9.67. The Kier molecular flexibility index (Phi) is 7.47. The highest BCUT2D eigenvalue weighted by Crippen LogP contribution is 2.50. The molecule has 0 atom stereocenters. The van der Waals surface area contributed by atoms with Crippen LogP contribution >= 0.6 is 0 Å². The number of hydrogen-bond acceptors (Lipinski definition) is 5. The molecule has 0 N–H and O–H groups in total. The van der Waals surface area contributed by atoms with Gasteiger partial charge in [-0.3, -0.25) is 4.98 Å². The monoisotopic (exact) mass is 703 g/mol. The van der Waals surface area contributed by atoms with Crippen LogP contribution in [0.2, 0.25) is 0 Å². The molecule has 1 aliphatic carbocycles. The second kappa shape index (κ2) is 12.7. The minimum atomic E-state index is -0.270. The van der Waals surface area contributed by atoms with Crippen molar-refractivity contribution in [2.75, 3.05) is 0 Å². The van der Waals surface area contributed by atoms with Gasteiger partial charge < -0.3 is 0 Å². The smallest absolute Gasteiger partial charge is 0.164 e. The predicted molar refractivity (Wildman–Crippen MR) is 222 cm³/mol. The second-order valence-electron chi connectivity index (χ2n) is 14.7. The first-order valence-corrected chi connectivity index (χ1v) is 18.4. The maximum Gasteiger partial charge on any atom is 0.164 e. The van der Waals surface area contributed by atoms with E-state index in [-0.39, 0.29) is 5.41 Å². The number of rotatable bonds is 5. The molecule has 0 radical (unpaired) electrons. The van der Waals surface area contributed by atoms with Crippen LogP contribution < -0.4 is 0 Å². The van der Waals surface area contributed by atoms with Gasteiger partial charge in [0, 0.05) is 40.1 Å². The van der Waals surface area contributed by atoms with E-state index in [0.29, 0.717) is 23.0 Å². The van der Waals surface area contributed by atoms with E-state index in [0.717, 1.165) is 55.1 Å². The van der Waals surface area contributed by atoms with Crippen molar-refractivity contribution in [1.82, 2.24) is 19.9 Å². The molecule has 2 heterocycles. The molecule has 9 aromatic rings. The van der Waals surface area contributed by atoms with Gasteiger partial charge in [0.05, 0.1) is 11.6 Å². The quantitative estimate of drug-likeness (QED) is 0.167. The van der Waals surface area contributed by atoms with Gasteiger partial charge in [-0.1, -0.05) is 117 Å². The summed E-state index contributed by atoms with van der Waals surface area (Å²) < 4.78 is 0. The summed E-state index contributed by atoms with van der Waals surface area (Å²) in [5.41, 5.74) is 12.1. The average molecular weight is 704 g/mol. The summed E-state index contributed by atoms with van der Waals surface area (Å²) in [4.78, 5) is 20.1. The third-order valence-electron chi connectivity index (χ3n) is 11.0. The van der Waals surface area contributed by atoms with Gasteiger partial charge in [0.25, 0.3) is 0 Å². The van der Waals surface area contributed by atoms with Crippen LogP contribution in [-0.4, -0.2) is 19.9 Å². The fourth-order valence-corrected chi connectivity index (χ4v) is 8.19. The zero-order chi connectivity index (χ0) is 37.1. The number of aromatic nitrogens is 4. The Balaban J connectivity index is 1.20. The van der Waals surface area contributed by atoms with Crippen LogP contribution in [0.1, 0.15) is 30.5 Å². The van der Waals surface area contributed by atoms with Crippen LogP contribution in [0, 0.1) is 11.3 Å². The van der Waals surface area contributed by atoms with E-state index in [4.69, 9.17) is 15.0 Å². The first-order valence-electron chi connectivity index (χ1n) is 18.4. The van der Waals surface area contributed by atoms with Gasteiger partial charge in [-0.2, -0.15) is 5.26 Å². The lowest BCUT2D eigenvalue weighted by Crippen LogP contribution is -2.15. The number of benzene rings is 7. The summed E-state index contributed by atoms with van der Waals surface area (Å²) in [5.74, 6) is 1.82. The van der Waals surface area contributed by atoms with Gasteiger partial charge in [0.15, 0.2) is 17.5 Å². The predicted octanol–water partition coefficient (Wildman–Crippen LogP) is 12.1. The van der Waals surface area contributed by atoms with Crippen LogP contribution in [0.5, 0.6) is 0 Å². The summed E-state index contributed by atoms with van der Waals surface area (Å²) in [5, 5.41) is 14.2. The summed E-state index contributed by atoms with van der Waals surface area (Å²) in [6.45, 7) is 4.49. The molecule has 5 heteroatoms. The Hall–Kier alpha value is -7.29. The second-order valence-corrected chi connectivity index (χ2v) is 14.7. The van der Waals surface area contributed by atoms with Gasteiger partial charge in [-0.25, -0.2) is 15.0 Å². The standard InChI is InChI=1S/C50H33N5/c1-50(2)45-23-31(29-51)18-20-42(45)43-21-19-33(28-46(43)50)36-24-37(35-14-10-22-52-30-35)26-38(25-36)48-53-47(32-11-4-3-5-12-32)54-49(55-48)44-27-34-13-6-7-15-39(34)40-16-8-9-17-41(40)44/h3-28,30H,1-2H3. The zero-order valence-corrected chi connectivity index (χ0v) is 30.3. The number of fused-ring (bicyclic) bond motifs is 6. The number of hydrogen-bond donors (Lipinski definition) is 0. The minimum absolute atomic E-state index is 0.270. The lowest BCUT2D eigenvalue weighted by molar-refractivity contribution is 0.660. The fraction of sp³-hybridized carbons (Fsp3) is 0.0600. The topological polar surface area (TPSA) is 75.3 Å². The van der Waals surface area contributed by atoms with E-state index in [2.05, 4.69) is 128 Å². The highest BCUT2D eigenvalue weighted by atomic mass is 15.0. The van der Waals surface area contributed by atoms with Crippen LogP contribution in [0.15, 0.2) is 164 Å². The van der Waals surface area contributed by atoms with E-state index >= 15 is 0 Å². The van der Waals surface area contributed by atoms with Crippen molar-refractivity contribution in [2.24, 2.45) is 0 Å². The van der Waals surface area contributed by atoms with Crippen LogP contribution in [0.4, 0.5) is 0 Å². The maximum atomic E-state index is 9.67. The van der Waals surface area contributed by atoms with Crippen molar-refractivity contribution in [2.45, 2.75) is 19.3 Å². The Morgan fingerprint density at radius 2 is 1.07 bits per heavy atom. The molecule has 0 saturated carbocycles. The lowest BCUT2D eigenvalue weighted by atomic mass is 9.81. The average Bonchev–Trinajstić information content (AvgIpc) is 3.48. The molecule has 7 aromatic carbocycles. The van der Waals surface area contributed by atoms with E-state index in [1.165, 1.54) is 27.6 Å². The lowest BCUT2D eigenvalue weighted by Gasteiger charge is -2.22. The molecule has 0 spiro atoms. The fourth-order valence-electron chi connectivity index (χ4n) is 8.19. The van der Waals surface area contributed by atoms with Crippen LogP contribution in [0.25, 0.3) is 89.1 Å². The molecule has 10 rings (SSSR count). The Labute approximate surface area is 319 Å². The van der Waals surface area contributed by atoms with Crippen molar-refractivity contribution < 1.29 is 0 Å². The van der Waals surface area contributed by atoms with Gasteiger partial charge in [0.1, 0.15) is 0 Å². The highest BCUT2D eigenvalue weighted by Gasteiger charge is 2.36. The number of nitriles is 1. The molecule has 5 nitrogen and oxygen atoms in total. The molecule has 0 fully saturated rings. The van der Waals surface area contributed by atoms with Crippen LogP contribution in [-0.2, 0) is 5.41 Å². The Morgan fingerprint density at radius 3 is 1.84 bits per heavy atom. The van der Waals surface area contributed by atoms with Gasteiger partial charge in [-0.15, -0.1) is 0 Å². The molecule has 0 bridgehead atoms. The molecule has 2 aromatic heterocycles. The van der Waals surface area contributed by atoms with Crippen molar-refractivity contribution in [1.29, 1.82) is 5.26 Å². The summed E-state index contributed by atoms with van der Waals surface area (Å²) in [6.07, 6.45) is 3.69. The molecular weight excluding hydrogens is 671 g/mol. The summed E-state index contributed by atoms with van der Waals surface area (Å²) in [7, 11) is 0. The minimum Gasteiger partial charge on any atom is -0.264 e. The van der Waals surface area contributed by atoms with Gasteiger partial charge >= 0.3 is 0 Å². The van der Waals surface area contributed by atoms with Crippen molar-refractivity contribution in [3.8, 4) is 73.6 Å². The van der Waals surface area contributed by atoms with Crippen molar-refractivity contribution in [3.05, 3.63) is 181 Å². The van der Waals surface area contributed by atoms with Crippen molar-refractivity contribution >= 4 is 21.5 Å². The Bertz CT molecular complexity index is 3020. The molecule has 0 saturated heterocycles. The van der Waals surface area contributed by atoms with E-state index in [1.54, 1.807) is 6.20 Å². The molecule has 1 aliphatic rings. The van der Waals surface area contributed by atoms with E-state index in [1.807, 2.05) is 54.7 Å². The molecule has 258 valence electrons. The third kappa shape index (κ3) is 5.47. The number of nitrogens with zero attached hydrogens (tertiary/aromatic N) is 5. The largest absolute Gasteiger partial charge is 0.264 e. The molecule has 55 heavy (non-hydrogen) atoms. The zero-order valence-electron chi connectivity index (χ0n) is 30.3. The van der Waals surface area contributed by atoms with E-state index < -0.39 is 0 Å². The van der Waals surface area contributed by atoms with Gasteiger partial charge in [-0.05, 0) is 109 Å². The summed E-state index contributed by atoms with van der Waals surface area (Å²) >= 11 is 0. The molecule has 0 unspecified atom stereocenters. The van der Waals surface area contributed by atoms with Gasteiger partial charge in [0.2, 0.25) is 0 Å². The van der Waals surface area contributed by atoms with E-state index in [9.17, 15) is 5.26 Å². The first kappa shape index (κ1) is 32.4. The normalized spacial score (nSPS) is 12.7. The van der Waals surface area contributed by atoms with Crippen molar-refractivity contribution in [3.63, 3.8) is 0 Å². The molecule has 0 amide bonds. The Morgan fingerprint density at radius 1 is 0.455 bits per heavy atom. The number of pyridine rings is 1. The molecular formula is C50H33N5. The molecule has 0 aliphatic heterocycles. The summed E-state index contributed by atoms with van der Waals surface area (Å²) in [6, 6.07) is 55.0. The SMILES string of the molecule is CC1(C)c2cc(C#N)ccc2-c2ccc(-c3cc(-c4cccnc4)cc(-c4nc(-c5ccccc5)nc(-c5cc6ccccc6c6ccccc56)n4)c3)cc21. The first-order chi connectivity index (χ1) is 26.9. The van der Waals surface area contributed by atoms with Crippen LogP contribution in [0.3, 0.4) is 0 Å².